The third kappa shape index (κ3) is 4.75. The molecule has 0 spiro atoms. The van der Waals surface area contributed by atoms with Gasteiger partial charge in [-0.2, -0.15) is 26.3 Å². The van der Waals surface area contributed by atoms with Gasteiger partial charge in [-0.05, 0) is 24.3 Å². The van der Waals surface area contributed by atoms with Crippen LogP contribution in [0.25, 0.3) is 6.08 Å². The molecule has 2 aromatic rings. The van der Waals surface area contributed by atoms with E-state index in [1.165, 1.54) is 6.07 Å². The molecule has 0 aliphatic rings. The third-order valence-electron chi connectivity index (χ3n) is 3.13. The van der Waals surface area contributed by atoms with Crippen LogP contribution in [0.5, 0.6) is 0 Å². The van der Waals surface area contributed by atoms with Crippen molar-refractivity contribution in [2.45, 2.75) is 12.4 Å². The van der Waals surface area contributed by atoms with Crippen molar-refractivity contribution in [1.29, 1.82) is 0 Å². The van der Waals surface area contributed by atoms with Crippen molar-refractivity contribution in [3.05, 3.63) is 70.1 Å². The number of nitrogens with one attached hydrogen (secondary N) is 1. The van der Waals surface area contributed by atoms with Crippen LogP contribution >= 0.6 is 11.6 Å². The molecule has 0 unspecified atom stereocenters. The number of nitrogens with zero attached hydrogens (tertiary/aromatic N) is 1. The molecular weight excluding hydrogens is 386 g/mol. The SMILES string of the molecule is O=C(N/C=C/c1ncc(C(F)(F)F)cc1Cl)c1ccccc1C(F)(F)F. The van der Waals surface area contributed by atoms with Gasteiger partial charge in [0.15, 0.2) is 0 Å². The van der Waals surface area contributed by atoms with E-state index < -0.39 is 35.0 Å². The van der Waals surface area contributed by atoms with E-state index in [0.29, 0.717) is 12.3 Å². The van der Waals surface area contributed by atoms with E-state index in [1.54, 1.807) is 0 Å². The summed E-state index contributed by atoms with van der Waals surface area (Å²) < 4.78 is 76.1. The molecule has 0 saturated carbocycles. The number of benzene rings is 1. The minimum absolute atomic E-state index is 0.0935. The summed E-state index contributed by atoms with van der Waals surface area (Å²) in [6, 6.07) is 4.81. The molecule has 0 bridgehead atoms. The summed E-state index contributed by atoms with van der Waals surface area (Å²) in [7, 11) is 0. The van der Waals surface area contributed by atoms with E-state index in [-0.39, 0.29) is 10.7 Å². The number of amides is 1. The highest BCUT2D eigenvalue weighted by Gasteiger charge is 2.34. The Morgan fingerprint density at radius 3 is 2.31 bits per heavy atom. The van der Waals surface area contributed by atoms with Crippen LogP contribution in [-0.2, 0) is 12.4 Å². The predicted octanol–water partition coefficient (Wildman–Crippen LogP) is 5.17. The Bertz CT molecular complexity index is 845. The Morgan fingerprint density at radius 1 is 1.08 bits per heavy atom. The second-order valence-corrected chi connectivity index (χ2v) is 5.35. The smallest absolute Gasteiger partial charge is 0.329 e. The molecular formula is C16H9ClF6N2O. The van der Waals surface area contributed by atoms with Crippen molar-refractivity contribution in [3.8, 4) is 0 Å². The van der Waals surface area contributed by atoms with Crippen LogP contribution in [0.3, 0.4) is 0 Å². The minimum atomic E-state index is -4.71. The predicted molar refractivity (Wildman–Crippen MR) is 82.2 cm³/mol. The van der Waals surface area contributed by atoms with Gasteiger partial charge in [-0.1, -0.05) is 23.7 Å². The van der Waals surface area contributed by atoms with Crippen molar-refractivity contribution >= 4 is 23.6 Å². The average Bonchev–Trinajstić information content (AvgIpc) is 2.54. The van der Waals surface area contributed by atoms with E-state index >= 15 is 0 Å². The summed E-state index contributed by atoms with van der Waals surface area (Å²) in [6.07, 6.45) is -6.77. The second kappa shape index (κ2) is 7.36. The highest BCUT2D eigenvalue weighted by atomic mass is 35.5. The molecule has 26 heavy (non-hydrogen) atoms. The van der Waals surface area contributed by atoms with E-state index in [0.717, 1.165) is 30.5 Å². The maximum atomic E-state index is 12.9. The van der Waals surface area contributed by atoms with Gasteiger partial charge < -0.3 is 5.32 Å². The highest BCUT2D eigenvalue weighted by Crippen LogP contribution is 2.32. The summed E-state index contributed by atoms with van der Waals surface area (Å²) in [5.41, 5.74) is -2.86. The second-order valence-electron chi connectivity index (χ2n) is 4.94. The fraction of sp³-hybridized carbons (Fsp3) is 0.125. The summed E-state index contributed by atoms with van der Waals surface area (Å²) >= 11 is 5.68. The number of hydrogen-bond donors (Lipinski definition) is 1. The fourth-order valence-corrected chi connectivity index (χ4v) is 2.16. The first-order valence-electron chi connectivity index (χ1n) is 6.86. The lowest BCUT2D eigenvalue weighted by molar-refractivity contribution is -0.138. The highest BCUT2D eigenvalue weighted by molar-refractivity contribution is 6.31. The molecule has 0 radical (unpaired) electrons. The molecule has 1 aromatic heterocycles. The quantitative estimate of drug-likeness (QED) is 0.729. The zero-order valence-corrected chi connectivity index (χ0v) is 13.4. The largest absolute Gasteiger partial charge is 0.417 e. The summed E-state index contributed by atoms with van der Waals surface area (Å²) in [6.45, 7) is 0. The monoisotopic (exact) mass is 394 g/mol. The number of carbonyl (C=O) groups is 1. The average molecular weight is 395 g/mol. The zero-order valence-electron chi connectivity index (χ0n) is 12.6. The maximum Gasteiger partial charge on any atom is 0.417 e. The van der Waals surface area contributed by atoms with Gasteiger partial charge in [0.2, 0.25) is 0 Å². The van der Waals surface area contributed by atoms with Crippen LogP contribution in [0, 0.1) is 0 Å². The Kier molecular flexibility index (Phi) is 5.60. The first kappa shape index (κ1) is 19.8. The summed E-state index contributed by atoms with van der Waals surface area (Å²) in [5, 5.41) is 1.76. The van der Waals surface area contributed by atoms with Gasteiger partial charge in [0.1, 0.15) is 0 Å². The van der Waals surface area contributed by atoms with E-state index in [2.05, 4.69) is 10.3 Å². The van der Waals surface area contributed by atoms with Gasteiger partial charge in [-0.25, -0.2) is 0 Å². The van der Waals surface area contributed by atoms with Crippen molar-refractivity contribution in [1.82, 2.24) is 10.3 Å². The first-order valence-corrected chi connectivity index (χ1v) is 7.24. The topological polar surface area (TPSA) is 42.0 Å². The molecule has 0 atom stereocenters. The molecule has 3 nitrogen and oxygen atoms in total. The molecule has 1 N–H and O–H groups in total. The van der Waals surface area contributed by atoms with Gasteiger partial charge in [-0.15, -0.1) is 0 Å². The van der Waals surface area contributed by atoms with Crippen molar-refractivity contribution in [3.63, 3.8) is 0 Å². The van der Waals surface area contributed by atoms with E-state index in [4.69, 9.17) is 11.6 Å². The molecule has 1 amide bonds. The lowest BCUT2D eigenvalue weighted by Crippen LogP contribution is -2.21. The number of hydrogen-bond acceptors (Lipinski definition) is 2. The van der Waals surface area contributed by atoms with Crippen LogP contribution < -0.4 is 5.32 Å². The van der Waals surface area contributed by atoms with Gasteiger partial charge >= 0.3 is 12.4 Å². The van der Waals surface area contributed by atoms with Crippen LogP contribution in [-0.4, -0.2) is 10.9 Å². The lowest BCUT2D eigenvalue weighted by Gasteiger charge is -2.11. The Balaban J connectivity index is 2.16. The standard InChI is InChI=1S/C16H9ClF6N2O/c17-12-7-9(15(18,19)20)8-25-13(12)5-6-24-14(26)10-3-1-2-4-11(10)16(21,22)23/h1-8H,(H,24,26)/b6-5+. The normalized spacial score (nSPS) is 12.4. The maximum absolute atomic E-state index is 12.9. The number of halogens is 7. The van der Waals surface area contributed by atoms with Crippen molar-refractivity contribution in [2.75, 3.05) is 0 Å². The number of aromatic nitrogens is 1. The molecule has 0 saturated heterocycles. The summed E-state index contributed by atoms with van der Waals surface area (Å²) in [5.74, 6) is -1.04. The van der Waals surface area contributed by atoms with Gasteiger partial charge in [-0.3, -0.25) is 9.78 Å². The van der Waals surface area contributed by atoms with Crippen LogP contribution in [0.2, 0.25) is 5.02 Å². The van der Waals surface area contributed by atoms with Gasteiger partial charge in [0.25, 0.3) is 5.91 Å². The zero-order chi connectivity index (χ0) is 19.5. The first-order chi connectivity index (χ1) is 12.0. The third-order valence-corrected chi connectivity index (χ3v) is 3.43. The van der Waals surface area contributed by atoms with E-state index in [1.807, 2.05) is 0 Å². The Labute approximate surface area is 148 Å². The summed E-state index contributed by atoms with van der Waals surface area (Å²) in [4.78, 5) is 15.4. The minimum Gasteiger partial charge on any atom is -0.329 e. The van der Waals surface area contributed by atoms with Gasteiger partial charge in [0.05, 0.1) is 27.4 Å². The molecule has 0 fully saturated rings. The Morgan fingerprint density at radius 2 is 1.73 bits per heavy atom. The van der Waals surface area contributed by atoms with E-state index in [9.17, 15) is 31.1 Å². The molecule has 2 rings (SSSR count). The molecule has 1 heterocycles. The molecule has 138 valence electrons. The molecule has 10 heteroatoms. The van der Waals surface area contributed by atoms with Crippen molar-refractivity contribution < 1.29 is 31.1 Å². The number of alkyl halides is 6. The van der Waals surface area contributed by atoms with Gasteiger partial charge in [0, 0.05) is 12.4 Å². The number of rotatable bonds is 3. The number of carbonyl (C=O) groups excluding carboxylic acids is 1. The van der Waals surface area contributed by atoms with Crippen LogP contribution in [0.4, 0.5) is 26.3 Å². The fourth-order valence-electron chi connectivity index (χ4n) is 1.93. The van der Waals surface area contributed by atoms with Crippen LogP contribution in [0.1, 0.15) is 27.2 Å². The van der Waals surface area contributed by atoms with Crippen LogP contribution in [0.15, 0.2) is 42.7 Å². The molecule has 0 aliphatic heterocycles. The Hall–Kier alpha value is -2.55. The molecule has 1 aromatic carbocycles. The molecule has 0 aliphatic carbocycles. The number of pyridine rings is 1. The van der Waals surface area contributed by atoms with Crippen molar-refractivity contribution in [2.24, 2.45) is 0 Å². The lowest BCUT2D eigenvalue weighted by atomic mass is 10.1.